The second kappa shape index (κ2) is 8.70. The summed E-state index contributed by atoms with van der Waals surface area (Å²) in [7, 11) is 0. The van der Waals surface area contributed by atoms with Crippen molar-refractivity contribution >= 4 is 0 Å². The Morgan fingerprint density at radius 2 is 1.87 bits per heavy atom. The molecule has 1 aliphatic heterocycles. The van der Waals surface area contributed by atoms with Gasteiger partial charge in [0.1, 0.15) is 0 Å². The molecule has 2 nitrogen and oxygen atoms in total. The van der Waals surface area contributed by atoms with Crippen molar-refractivity contribution in [2.75, 3.05) is 6.61 Å². The van der Waals surface area contributed by atoms with Crippen LogP contribution in [0.4, 0.5) is 13.2 Å². The lowest BCUT2D eigenvalue weighted by atomic mass is 9.67. The molecule has 1 saturated carbocycles. The smallest absolute Gasteiger partial charge is 0.375 e. The Hall–Kier alpha value is -1.88. The third kappa shape index (κ3) is 4.72. The van der Waals surface area contributed by atoms with E-state index in [1.54, 1.807) is 6.07 Å². The van der Waals surface area contributed by atoms with Gasteiger partial charge in [0.2, 0.25) is 0 Å². The molecule has 5 heteroatoms. The molecule has 1 aromatic heterocycles. The zero-order valence-electron chi connectivity index (χ0n) is 17.3. The minimum absolute atomic E-state index is 0.0171. The van der Waals surface area contributed by atoms with Gasteiger partial charge in [-0.3, -0.25) is 4.98 Å². The van der Waals surface area contributed by atoms with Gasteiger partial charge in [-0.15, -0.1) is 0 Å². The topological polar surface area (TPSA) is 22.1 Å². The van der Waals surface area contributed by atoms with Gasteiger partial charge in [0.25, 0.3) is 0 Å². The van der Waals surface area contributed by atoms with Crippen LogP contribution in [0.25, 0.3) is 0 Å². The first kappa shape index (κ1) is 21.4. The summed E-state index contributed by atoms with van der Waals surface area (Å²) >= 11 is 0. The van der Waals surface area contributed by atoms with Crippen LogP contribution in [0.2, 0.25) is 0 Å². The highest BCUT2D eigenvalue weighted by Gasteiger charge is 2.48. The maximum absolute atomic E-state index is 13.0. The number of nitrogens with zero attached hydrogens (tertiary/aromatic N) is 1. The lowest BCUT2D eigenvalue weighted by molar-refractivity contribution is -0.137. The number of hydrogen-bond acceptors (Lipinski definition) is 2. The van der Waals surface area contributed by atoms with Crippen molar-refractivity contribution in [3.05, 3.63) is 71.9 Å². The summed E-state index contributed by atoms with van der Waals surface area (Å²) in [6.07, 6.45) is 8.66. The van der Waals surface area contributed by atoms with Gasteiger partial charge in [0.15, 0.2) is 0 Å². The molecule has 2 fully saturated rings. The summed E-state index contributed by atoms with van der Waals surface area (Å²) in [5.74, 6) is 0. The summed E-state index contributed by atoms with van der Waals surface area (Å²) in [6, 6.07) is 11.8. The Morgan fingerprint density at radius 3 is 2.60 bits per heavy atom. The van der Waals surface area contributed by atoms with Gasteiger partial charge in [-0.05, 0) is 75.1 Å². The largest absolute Gasteiger partial charge is 0.416 e. The van der Waals surface area contributed by atoms with E-state index in [0.29, 0.717) is 12.0 Å². The standard InChI is InChI=1S/C25H29F3NO/c26-25(27,28)21-10-7-9-20(18-21)8-1-3-12-23(22-11-2-6-16-29-22)15-17-30-24(19-23)13-4-5-14-24/h1-2,6-7,9-11,16,18H,3-5,8,12-15,17,19H2/t23-/m1/s1. The number of unbranched alkanes of at least 4 members (excludes halogenated alkanes) is 1. The molecule has 0 unspecified atom stereocenters. The molecule has 0 bridgehead atoms. The Balaban J connectivity index is 1.43. The SMILES string of the molecule is FC(F)(F)c1cccc(C[CH]CC[C@@]2(c3ccccn3)CCOC3(CCCC3)C2)c1. The summed E-state index contributed by atoms with van der Waals surface area (Å²) < 4.78 is 45.1. The van der Waals surface area contributed by atoms with Crippen LogP contribution < -0.4 is 0 Å². The molecule has 1 aromatic carbocycles. The Bertz CT molecular complexity index is 830. The maximum atomic E-state index is 13.0. The molecule has 1 aliphatic carbocycles. The highest BCUT2D eigenvalue weighted by molar-refractivity contribution is 5.27. The van der Waals surface area contributed by atoms with Crippen LogP contribution in [0.3, 0.4) is 0 Å². The normalized spacial score (nSPS) is 23.7. The molecular weight excluding hydrogens is 387 g/mol. The molecule has 0 N–H and O–H groups in total. The molecule has 1 spiro atoms. The second-order valence-electron chi connectivity index (χ2n) is 8.89. The molecule has 2 heterocycles. The van der Waals surface area contributed by atoms with Crippen LogP contribution in [-0.2, 0) is 22.7 Å². The molecule has 2 aromatic rings. The molecule has 1 saturated heterocycles. The van der Waals surface area contributed by atoms with Crippen LogP contribution in [0.1, 0.15) is 68.2 Å². The predicted octanol–water partition coefficient (Wildman–Crippen LogP) is 6.69. The number of ether oxygens (including phenoxy) is 1. The van der Waals surface area contributed by atoms with Crippen LogP contribution >= 0.6 is 0 Å². The first-order valence-electron chi connectivity index (χ1n) is 10.9. The van der Waals surface area contributed by atoms with Crippen molar-refractivity contribution in [1.29, 1.82) is 0 Å². The molecule has 2 aliphatic rings. The first-order valence-corrected chi connectivity index (χ1v) is 10.9. The van der Waals surface area contributed by atoms with Crippen molar-refractivity contribution < 1.29 is 17.9 Å². The Labute approximate surface area is 176 Å². The number of halogens is 3. The zero-order valence-corrected chi connectivity index (χ0v) is 17.3. The van der Waals surface area contributed by atoms with Crippen molar-refractivity contribution in [3.8, 4) is 0 Å². The fraction of sp³-hybridized carbons (Fsp3) is 0.520. The van der Waals surface area contributed by atoms with Crippen molar-refractivity contribution in [2.24, 2.45) is 0 Å². The van der Waals surface area contributed by atoms with Crippen LogP contribution in [-0.4, -0.2) is 17.2 Å². The molecule has 0 amide bonds. The van der Waals surface area contributed by atoms with Crippen molar-refractivity contribution in [2.45, 2.75) is 75.0 Å². The van der Waals surface area contributed by atoms with Crippen LogP contribution in [0.5, 0.6) is 0 Å². The summed E-state index contributed by atoms with van der Waals surface area (Å²) in [5.41, 5.74) is 1.22. The average Bonchev–Trinajstić information content (AvgIpc) is 3.19. The van der Waals surface area contributed by atoms with Crippen LogP contribution in [0, 0.1) is 6.42 Å². The predicted molar refractivity (Wildman–Crippen MR) is 111 cm³/mol. The molecule has 30 heavy (non-hydrogen) atoms. The lowest BCUT2D eigenvalue weighted by Gasteiger charge is -2.46. The van der Waals surface area contributed by atoms with E-state index >= 15 is 0 Å². The Morgan fingerprint density at radius 1 is 1.03 bits per heavy atom. The quantitative estimate of drug-likeness (QED) is 0.490. The van der Waals surface area contributed by atoms with E-state index in [1.807, 2.05) is 18.3 Å². The van der Waals surface area contributed by atoms with Crippen molar-refractivity contribution in [1.82, 2.24) is 4.98 Å². The third-order valence-corrected chi connectivity index (χ3v) is 6.83. The van der Waals surface area contributed by atoms with Gasteiger partial charge in [-0.1, -0.05) is 37.1 Å². The lowest BCUT2D eigenvalue weighted by Crippen LogP contribution is -2.46. The summed E-state index contributed by atoms with van der Waals surface area (Å²) in [4.78, 5) is 4.71. The summed E-state index contributed by atoms with van der Waals surface area (Å²) in [6.45, 7) is 0.754. The number of alkyl halides is 3. The van der Waals surface area contributed by atoms with E-state index in [0.717, 1.165) is 56.9 Å². The monoisotopic (exact) mass is 416 g/mol. The Kier molecular flexibility index (Phi) is 6.19. The van der Waals surface area contributed by atoms with E-state index in [1.165, 1.54) is 25.0 Å². The molecule has 161 valence electrons. The molecule has 1 atom stereocenters. The van der Waals surface area contributed by atoms with Gasteiger partial charge in [0.05, 0.1) is 11.2 Å². The molecule has 4 rings (SSSR count). The van der Waals surface area contributed by atoms with E-state index in [9.17, 15) is 13.2 Å². The van der Waals surface area contributed by atoms with Gasteiger partial charge in [-0.2, -0.15) is 13.2 Å². The van der Waals surface area contributed by atoms with E-state index in [4.69, 9.17) is 9.72 Å². The van der Waals surface area contributed by atoms with E-state index in [2.05, 4.69) is 12.5 Å². The first-order chi connectivity index (χ1) is 14.4. The molecule has 1 radical (unpaired) electrons. The van der Waals surface area contributed by atoms with Crippen LogP contribution in [0.15, 0.2) is 48.7 Å². The third-order valence-electron chi connectivity index (χ3n) is 6.83. The van der Waals surface area contributed by atoms with Gasteiger partial charge in [0, 0.05) is 23.9 Å². The minimum Gasteiger partial charge on any atom is -0.375 e. The van der Waals surface area contributed by atoms with Crippen molar-refractivity contribution in [3.63, 3.8) is 0 Å². The summed E-state index contributed by atoms with van der Waals surface area (Å²) in [5, 5.41) is 0. The number of benzene rings is 1. The number of rotatable bonds is 6. The number of aromatic nitrogens is 1. The van der Waals surface area contributed by atoms with Gasteiger partial charge in [-0.25, -0.2) is 0 Å². The fourth-order valence-electron chi connectivity index (χ4n) is 5.32. The fourth-order valence-corrected chi connectivity index (χ4v) is 5.32. The average molecular weight is 417 g/mol. The van der Waals surface area contributed by atoms with Gasteiger partial charge < -0.3 is 4.74 Å². The highest BCUT2D eigenvalue weighted by atomic mass is 19.4. The maximum Gasteiger partial charge on any atom is 0.416 e. The zero-order chi connectivity index (χ0) is 21.1. The minimum atomic E-state index is -4.29. The number of pyridine rings is 1. The highest BCUT2D eigenvalue weighted by Crippen LogP contribution is 2.50. The molecular formula is C25H29F3NO. The van der Waals surface area contributed by atoms with E-state index < -0.39 is 11.7 Å². The van der Waals surface area contributed by atoms with E-state index in [-0.39, 0.29) is 11.0 Å². The number of hydrogen-bond donors (Lipinski definition) is 0. The van der Waals surface area contributed by atoms with Gasteiger partial charge >= 0.3 is 6.18 Å². The second-order valence-corrected chi connectivity index (χ2v) is 8.89.